The predicted octanol–water partition coefficient (Wildman–Crippen LogP) is 6.77. The van der Waals surface area contributed by atoms with Crippen molar-refractivity contribution in [3.63, 3.8) is 0 Å². The number of allylic oxidation sites excluding steroid dienone is 2. The monoisotopic (exact) mass is 702 g/mol. The Morgan fingerprint density at radius 2 is 1.00 bits per heavy atom. The van der Waals surface area contributed by atoms with Gasteiger partial charge in [-0.1, -0.05) is 0 Å². The summed E-state index contributed by atoms with van der Waals surface area (Å²) in [5.41, 5.74) is 3.20. The number of hydrogen-bond acceptors (Lipinski definition) is 2. The Morgan fingerprint density at radius 3 is 1.43 bits per heavy atom. The van der Waals surface area contributed by atoms with E-state index in [-0.39, 0.29) is 0 Å². The Morgan fingerprint density at radius 1 is 0.567 bits per heavy atom. The van der Waals surface area contributed by atoms with Crippen LogP contribution in [-0.4, -0.2) is 52.5 Å². The van der Waals surface area contributed by atoms with Crippen LogP contribution in [0.4, 0.5) is 0 Å². The summed E-state index contributed by atoms with van der Waals surface area (Å²) in [7, 11) is 0. The minimum atomic E-state index is 0.728. The Balaban J connectivity index is 1.43. The van der Waals surface area contributed by atoms with Crippen molar-refractivity contribution in [3.05, 3.63) is 52.7 Å². The van der Waals surface area contributed by atoms with E-state index in [0.29, 0.717) is 0 Å². The molecule has 2 aromatic rings. The molecule has 4 heterocycles. The summed E-state index contributed by atoms with van der Waals surface area (Å²) in [6, 6.07) is 5.11. The summed E-state index contributed by atoms with van der Waals surface area (Å²) in [4.78, 5) is 3.27. The zero-order valence-corrected chi connectivity index (χ0v) is 26.3. The molecule has 30 heavy (non-hydrogen) atoms. The van der Waals surface area contributed by atoms with Gasteiger partial charge >= 0.3 is 215 Å². The van der Waals surface area contributed by atoms with Crippen molar-refractivity contribution in [2.24, 2.45) is 0 Å². The van der Waals surface area contributed by atoms with Crippen LogP contribution in [0.3, 0.4) is 0 Å². The molecular weight excluding hydrogens is 668 g/mol. The Labute approximate surface area is 212 Å². The van der Waals surface area contributed by atoms with Gasteiger partial charge in [0.1, 0.15) is 0 Å². The van der Waals surface area contributed by atoms with Crippen LogP contribution >= 0.6 is 22.7 Å². The zero-order chi connectivity index (χ0) is 20.8. The molecule has 0 fully saturated rings. The quantitative estimate of drug-likeness (QED) is 0.170. The number of rotatable bonds is 12. The van der Waals surface area contributed by atoms with E-state index in [9.17, 15) is 0 Å². The third kappa shape index (κ3) is 6.09. The molecule has 0 amide bonds. The normalized spacial score (nSPS) is 16.2. The maximum atomic E-state index is 2.56. The zero-order valence-electron chi connectivity index (χ0n) is 17.8. The van der Waals surface area contributed by atoms with Crippen LogP contribution in [0.2, 0.25) is 0 Å². The van der Waals surface area contributed by atoms with Gasteiger partial charge in [-0.15, -0.1) is 0 Å². The molecule has 0 bridgehead atoms. The van der Waals surface area contributed by atoms with E-state index in [1.54, 1.807) is 20.9 Å². The van der Waals surface area contributed by atoms with E-state index in [1.165, 1.54) is 64.2 Å². The summed E-state index contributed by atoms with van der Waals surface area (Å²) in [6.45, 7) is 4.60. The average Bonchev–Trinajstić information content (AvgIpc) is 3.52. The SMILES string of the molecule is CCCCCCc1csc(C2=C3[Se][Se]C(c4cc(CCCCCC)cs4)=C3[Se][Se]2)c1. The van der Waals surface area contributed by atoms with Crippen molar-refractivity contribution >= 4 is 84.1 Å². The second kappa shape index (κ2) is 12.4. The van der Waals surface area contributed by atoms with Crippen LogP contribution in [0.1, 0.15) is 86.1 Å². The molecular formula is C24H30S2Se4. The molecule has 2 aromatic heterocycles. The van der Waals surface area contributed by atoms with E-state index in [4.69, 9.17) is 0 Å². The summed E-state index contributed by atoms with van der Waals surface area (Å²) < 4.78 is 7.34. The predicted molar refractivity (Wildman–Crippen MR) is 141 cm³/mol. The topological polar surface area (TPSA) is 0 Å². The molecule has 0 nitrogen and oxygen atoms in total. The number of aryl methyl sites for hydroxylation is 2. The molecule has 0 radical (unpaired) electrons. The average molecular weight is 698 g/mol. The van der Waals surface area contributed by atoms with Crippen LogP contribution in [0.25, 0.3) is 8.94 Å². The first-order valence-electron chi connectivity index (χ1n) is 11.1. The first kappa shape index (κ1) is 24.1. The Hall–Kier alpha value is 0.958. The minimum absolute atomic E-state index is 0.728. The van der Waals surface area contributed by atoms with Crippen LogP contribution < -0.4 is 0 Å². The molecule has 0 saturated heterocycles. The van der Waals surface area contributed by atoms with Crippen LogP contribution in [0.15, 0.2) is 31.8 Å². The second-order valence-corrected chi connectivity index (χ2v) is 21.8. The number of unbranched alkanes of at least 4 members (excludes halogenated alkanes) is 6. The van der Waals surface area contributed by atoms with Gasteiger partial charge in [-0.3, -0.25) is 0 Å². The summed E-state index contributed by atoms with van der Waals surface area (Å²) in [6.07, 6.45) is 13.6. The molecule has 0 spiro atoms. The van der Waals surface area contributed by atoms with Gasteiger partial charge in [0.05, 0.1) is 0 Å². The van der Waals surface area contributed by atoms with Crippen molar-refractivity contribution in [1.29, 1.82) is 0 Å². The van der Waals surface area contributed by atoms with E-state index < -0.39 is 0 Å². The molecule has 0 unspecified atom stereocenters. The van der Waals surface area contributed by atoms with Crippen molar-refractivity contribution in [2.75, 3.05) is 0 Å². The second-order valence-electron chi connectivity index (χ2n) is 7.91. The van der Waals surface area contributed by atoms with Crippen LogP contribution in [0.5, 0.6) is 0 Å². The maximum absolute atomic E-state index is 2.56. The molecule has 0 aliphatic carbocycles. The van der Waals surface area contributed by atoms with E-state index in [0.717, 1.165) is 52.5 Å². The molecule has 0 saturated carbocycles. The van der Waals surface area contributed by atoms with Crippen LogP contribution in [0, 0.1) is 0 Å². The summed E-state index contributed by atoms with van der Waals surface area (Å²) >= 11 is 7.01. The van der Waals surface area contributed by atoms with Crippen LogP contribution in [-0.2, 0) is 12.8 Å². The first-order chi connectivity index (χ1) is 14.8. The third-order valence-corrected chi connectivity index (χ3v) is 24.3. The molecule has 2 aliphatic rings. The number of thiophene rings is 2. The number of hydrogen-bond donors (Lipinski definition) is 0. The third-order valence-electron chi connectivity index (χ3n) is 5.43. The molecule has 2 aliphatic heterocycles. The molecule has 0 atom stereocenters. The number of fused-ring (bicyclic) bond motifs is 1. The van der Waals surface area contributed by atoms with Crippen molar-refractivity contribution in [3.8, 4) is 0 Å². The van der Waals surface area contributed by atoms with Gasteiger partial charge < -0.3 is 0 Å². The van der Waals surface area contributed by atoms with Gasteiger partial charge in [-0.25, -0.2) is 0 Å². The van der Waals surface area contributed by atoms with E-state index >= 15 is 0 Å². The molecule has 4 rings (SSSR count). The molecule has 162 valence electrons. The van der Waals surface area contributed by atoms with E-state index in [1.807, 2.05) is 40.6 Å². The van der Waals surface area contributed by atoms with Crippen molar-refractivity contribution < 1.29 is 0 Å². The Kier molecular flexibility index (Phi) is 9.98. The van der Waals surface area contributed by atoms with Gasteiger partial charge in [0.2, 0.25) is 0 Å². The fourth-order valence-corrected chi connectivity index (χ4v) is 34.3. The fourth-order valence-electron chi connectivity index (χ4n) is 3.67. The van der Waals surface area contributed by atoms with Gasteiger partial charge in [0.15, 0.2) is 0 Å². The van der Waals surface area contributed by atoms with Gasteiger partial charge in [-0.2, -0.15) is 0 Å². The summed E-state index contributed by atoms with van der Waals surface area (Å²) in [5, 5.41) is 4.91. The van der Waals surface area contributed by atoms with Gasteiger partial charge in [0.25, 0.3) is 0 Å². The molecule has 0 aromatic carbocycles. The first-order valence-corrected chi connectivity index (χ1v) is 25.0. The van der Waals surface area contributed by atoms with Crippen molar-refractivity contribution in [1.82, 2.24) is 0 Å². The Bertz CT molecular complexity index is 832. The standard InChI is InChI=1S/C24H30S2Se4/c1-3-5-7-9-11-17-13-19(25-15-17)21-23-24(30-27-21)22(28-29-23)20-14-18(16-26-20)12-10-8-6-4-2/h13-16H,3-12H2,1-2H3. The molecule has 6 heteroatoms. The van der Waals surface area contributed by atoms with E-state index in [2.05, 4.69) is 36.7 Å². The summed E-state index contributed by atoms with van der Waals surface area (Å²) in [5.74, 6) is 0. The van der Waals surface area contributed by atoms with Gasteiger partial charge in [0, 0.05) is 0 Å². The van der Waals surface area contributed by atoms with Crippen molar-refractivity contribution in [2.45, 2.75) is 78.1 Å². The fraction of sp³-hybridized carbons (Fsp3) is 0.500. The van der Waals surface area contributed by atoms with Gasteiger partial charge in [-0.05, 0) is 0 Å². The molecule has 0 N–H and O–H groups in total.